The van der Waals surface area contributed by atoms with Crippen LogP contribution in [0.2, 0.25) is 20.1 Å². The molecule has 8 atom stereocenters. The Morgan fingerprint density at radius 1 is 0.611 bits per heavy atom. The average molecular weight is 1100 g/mol. The van der Waals surface area contributed by atoms with Crippen molar-refractivity contribution >= 4 is 81.7 Å². The summed E-state index contributed by atoms with van der Waals surface area (Å²) in [5, 5.41) is 1.25. The first kappa shape index (κ1) is 56.7. The molecule has 6 nitrogen and oxygen atoms in total. The SMILES string of the molecule is C=CC[C@@]1(C)O[C@H](c2cccc(Cl)c2)C(c2ccc(Cl)c(F)c2)N([C@H](CSC(C)(C)C)C2CC2)C1=O.C=CC[C@]1(C)O[C@H](c2cccc(Cl)c2)C(c2ccc(Cl)c(F)c2)N([C@H](CSC(C)(C)C)C2CC2)C1=O. The van der Waals surface area contributed by atoms with Crippen LogP contribution in [0.4, 0.5) is 8.78 Å². The largest absolute Gasteiger partial charge is 0.355 e. The first-order valence-corrected chi connectivity index (χ1v) is 28.3. The van der Waals surface area contributed by atoms with Crippen molar-refractivity contribution in [3.8, 4) is 0 Å². The third-order valence-corrected chi connectivity index (χ3v) is 17.6. The third-order valence-electron chi connectivity index (χ3n) is 13.7. The monoisotopic (exact) mass is 1100 g/mol. The molecule has 2 unspecified atom stereocenters. The van der Waals surface area contributed by atoms with Gasteiger partial charge in [-0.25, -0.2) is 8.78 Å². The Morgan fingerprint density at radius 2 is 0.972 bits per heavy atom. The maximum Gasteiger partial charge on any atom is 0.255 e. The summed E-state index contributed by atoms with van der Waals surface area (Å²) < 4.78 is 43.0. The number of rotatable bonds is 16. The molecule has 2 aliphatic carbocycles. The predicted molar refractivity (Wildman–Crippen MR) is 296 cm³/mol. The lowest BCUT2D eigenvalue weighted by molar-refractivity contribution is -0.202. The number of amides is 2. The number of hydrogen-bond acceptors (Lipinski definition) is 6. The zero-order valence-electron chi connectivity index (χ0n) is 42.5. The van der Waals surface area contributed by atoms with Gasteiger partial charge < -0.3 is 19.3 Å². The number of carbonyl (C=O) groups excluding carboxylic acids is 2. The Bertz CT molecular complexity index is 2440. The number of hydrogen-bond donors (Lipinski definition) is 0. The van der Waals surface area contributed by atoms with Gasteiger partial charge in [0.15, 0.2) is 0 Å². The number of morpholine rings is 2. The summed E-state index contributed by atoms with van der Waals surface area (Å²) in [6.45, 7) is 24.6. The minimum atomic E-state index is -1.10. The highest BCUT2D eigenvalue weighted by molar-refractivity contribution is 8.00. The standard InChI is InChI=1S/2C29H34Cl2FNO2S/c2*1-6-14-29(5)27(34)33(24(18-10-11-18)17-36-28(2,3)4)25(19-12-13-22(31)23(32)16-19)26(35-29)20-8-7-9-21(30)15-20/h2*6-9,12-13,15-16,18,24-26H,1,10-11,14,17H2,2-5H3/t24-,25?,26-,29+;24-,25?,26-,29-/m11/s1. The number of ether oxygens (including phenoxy) is 2. The predicted octanol–water partition coefficient (Wildman–Crippen LogP) is 16.8. The Labute approximate surface area is 454 Å². The molecule has 0 radical (unpaired) electrons. The number of halogens is 6. The van der Waals surface area contributed by atoms with Gasteiger partial charge in [0, 0.05) is 56.0 Å². The third kappa shape index (κ3) is 13.5. The molecule has 2 saturated carbocycles. The molecular weight excluding hydrogens is 1030 g/mol. The zero-order valence-corrected chi connectivity index (χ0v) is 47.2. The van der Waals surface area contributed by atoms with E-state index in [9.17, 15) is 18.4 Å². The molecule has 14 heteroatoms. The Morgan fingerprint density at radius 3 is 1.26 bits per heavy atom. The molecule has 0 N–H and O–H groups in total. The van der Waals surface area contributed by atoms with Gasteiger partial charge in [-0.15, -0.1) is 13.2 Å². The van der Waals surface area contributed by atoms with Crippen LogP contribution in [0.25, 0.3) is 0 Å². The van der Waals surface area contributed by atoms with Gasteiger partial charge in [-0.1, -0.05) is 136 Å². The van der Waals surface area contributed by atoms with E-state index >= 15 is 0 Å². The van der Waals surface area contributed by atoms with Crippen LogP contribution in [0.1, 0.15) is 140 Å². The van der Waals surface area contributed by atoms with Crippen LogP contribution in [0.3, 0.4) is 0 Å². The van der Waals surface area contributed by atoms with Crippen LogP contribution in [0.15, 0.2) is 110 Å². The Balaban J connectivity index is 0.000000211. The molecule has 2 saturated heterocycles. The van der Waals surface area contributed by atoms with E-state index in [4.69, 9.17) is 55.9 Å². The highest BCUT2D eigenvalue weighted by atomic mass is 35.5. The summed E-state index contributed by atoms with van der Waals surface area (Å²) in [6.07, 6.45) is 7.37. The van der Waals surface area contributed by atoms with E-state index in [-0.39, 0.29) is 43.4 Å². The van der Waals surface area contributed by atoms with E-state index in [0.29, 0.717) is 45.8 Å². The van der Waals surface area contributed by atoms with Gasteiger partial charge in [0.25, 0.3) is 11.8 Å². The van der Waals surface area contributed by atoms with Crippen molar-refractivity contribution in [1.82, 2.24) is 9.80 Å². The molecule has 0 bridgehead atoms. The molecule has 0 spiro atoms. The van der Waals surface area contributed by atoms with Crippen LogP contribution in [0, 0.1) is 23.5 Å². The number of carbonyl (C=O) groups is 2. The van der Waals surface area contributed by atoms with Crippen molar-refractivity contribution < 1.29 is 27.8 Å². The molecule has 4 aliphatic rings. The van der Waals surface area contributed by atoms with Crippen LogP contribution in [-0.4, -0.2) is 65.9 Å². The van der Waals surface area contributed by atoms with Gasteiger partial charge >= 0.3 is 0 Å². The lowest BCUT2D eigenvalue weighted by Crippen LogP contribution is -2.61. The van der Waals surface area contributed by atoms with E-state index in [0.717, 1.165) is 48.3 Å². The van der Waals surface area contributed by atoms with Gasteiger partial charge in [-0.2, -0.15) is 23.5 Å². The first-order chi connectivity index (χ1) is 33.9. The van der Waals surface area contributed by atoms with Crippen LogP contribution < -0.4 is 0 Å². The van der Waals surface area contributed by atoms with E-state index < -0.39 is 47.1 Å². The summed E-state index contributed by atoms with van der Waals surface area (Å²) in [6, 6.07) is 23.5. The lowest BCUT2D eigenvalue weighted by Gasteiger charge is -2.52. The summed E-state index contributed by atoms with van der Waals surface area (Å²) in [5.41, 5.74) is 0.790. The molecule has 0 aromatic heterocycles. The van der Waals surface area contributed by atoms with Crippen molar-refractivity contribution in [2.45, 2.75) is 151 Å². The number of thioether (sulfide) groups is 2. The van der Waals surface area contributed by atoms with E-state index in [1.807, 2.05) is 95.7 Å². The van der Waals surface area contributed by atoms with Gasteiger partial charge in [0.1, 0.15) is 35.0 Å². The Hall–Kier alpha value is -3.06. The lowest BCUT2D eigenvalue weighted by atomic mass is 9.85. The molecule has 388 valence electrons. The van der Waals surface area contributed by atoms with Crippen molar-refractivity contribution in [2.75, 3.05) is 11.5 Å². The molecule has 4 fully saturated rings. The zero-order chi connectivity index (χ0) is 52.5. The summed E-state index contributed by atoms with van der Waals surface area (Å²) in [4.78, 5) is 32.6. The van der Waals surface area contributed by atoms with Crippen LogP contribution in [0.5, 0.6) is 0 Å². The molecule has 4 aromatic rings. The molecule has 2 amide bonds. The minimum Gasteiger partial charge on any atom is -0.355 e. The van der Waals surface area contributed by atoms with Gasteiger partial charge in [0.05, 0.1) is 22.1 Å². The quantitative estimate of drug-likeness (QED) is 0.104. The fourth-order valence-corrected chi connectivity index (χ4v) is 12.7. The van der Waals surface area contributed by atoms with Crippen molar-refractivity contribution in [3.63, 3.8) is 0 Å². The topological polar surface area (TPSA) is 59.1 Å². The van der Waals surface area contributed by atoms with E-state index in [1.165, 1.54) is 12.1 Å². The van der Waals surface area contributed by atoms with Crippen LogP contribution >= 0.6 is 69.9 Å². The Kier molecular flexibility index (Phi) is 18.1. The second kappa shape index (κ2) is 23.0. The highest BCUT2D eigenvalue weighted by Crippen LogP contribution is 2.54. The summed E-state index contributed by atoms with van der Waals surface area (Å²) in [5.74, 6) is 1.16. The van der Waals surface area contributed by atoms with Gasteiger partial charge in [-0.05, 0) is 122 Å². The van der Waals surface area contributed by atoms with Crippen molar-refractivity contribution in [3.05, 3.63) is 164 Å². The summed E-state index contributed by atoms with van der Waals surface area (Å²) in [7, 11) is 0. The molecule has 2 heterocycles. The summed E-state index contributed by atoms with van der Waals surface area (Å²) >= 11 is 28.6. The number of benzene rings is 4. The van der Waals surface area contributed by atoms with Crippen LogP contribution in [-0.2, 0) is 19.1 Å². The normalized spacial score (nSPS) is 25.6. The van der Waals surface area contributed by atoms with Gasteiger partial charge in [0.2, 0.25) is 0 Å². The number of nitrogens with zero attached hydrogens (tertiary/aromatic N) is 2. The molecule has 4 aromatic carbocycles. The van der Waals surface area contributed by atoms with E-state index in [2.05, 4.69) is 54.7 Å². The molecule has 72 heavy (non-hydrogen) atoms. The van der Waals surface area contributed by atoms with Gasteiger partial charge in [-0.3, -0.25) is 9.59 Å². The fraction of sp³-hybridized carbons (Fsp3) is 0.483. The second-order valence-corrected chi connectivity index (χ2v) is 27.3. The first-order valence-electron chi connectivity index (χ1n) is 24.8. The van der Waals surface area contributed by atoms with E-state index in [1.54, 1.807) is 36.4 Å². The van der Waals surface area contributed by atoms with Crippen molar-refractivity contribution in [1.29, 1.82) is 0 Å². The molecule has 8 rings (SSSR count). The fourth-order valence-electron chi connectivity index (χ4n) is 9.87. The van der Waals surface area contributed by atoms with Crippen molar-refractivity contribution in [2.24, 2.45) is 11.8 Å². The molecular formula is C58H68Cl4F2N2O4S2. The smallest absolute Gasteiger partial charge is 0.255 e. The molecule has 2 aliphatic heterocycles. The minimum absolute atomic E-state index is 0.0137. The highest BCUT2D eigenvalue weighted by Gasteiger charge is 2.56. The average Bonchev–Trinajstić information content (AvgIpc) is 4.25. The maximum atomic E-state index is 14.8. The maximum absolute atomic E-state index is 14.8. The second-order valence-electron chi connectivity index (χ2n) is 22.0.